The van der Waals surface area contributed by atoms with E-state index in [9.17, 15) is 9.59 Å². The molecule has 0 aromatic carbocycles. The summed E-state index contributed by atoms with van der Waals surface area (Å²) in [6, 6.07) is -0.668. The van der Waals surface area contributed by atoms with Crippen molar-refractivity contribution in [2.75, 3.05) is 13.2 Å². The molecule has 2 rings (SSSR count). The van der Waals surface area contributed by atoms with Crippen molar-refractivity contribution in [3.8, 4) is 0 Å². The van der Waals surface area contributed by atoms with Gasteiger partial charge in [-0.15, -0.1) is 0 Å². The van der Waals surface area contributed by atoms with Crippen LogP contribution in [0.4, 0.5) is 4.79 Å². The maximum absolute atomic E-state index is 12.5. The Morgan fingerprint density at radius 1 is 1.40 bits per heavy atom. The Kier molecular flexibility index (Phi) is 6.15. The zero-order valence-corrected chi connectivity index (χ0v) is 15.8. The van der Waals surface area contributed by atoms with Gasteiger partial charge in [-0.1, -0.05) is 10.3 Å². The second-order valence-electron chi connectivity index (χ2n) is 7.03. The molecule has 0 unspecified atom stereocenters. The molecule has 25 heavy (non-hydrogen) atoms. The average Bonchev–Trinajstić information content (AvgIpc) is 2.91. The predicted octanol–water partition coefficient (Wildman–Crippen LogP) is 1.91. The lowest BCUT2D eigenvalue weighted by Crippen LogP contribution is -2.52. The number of H-pyrrole nitrogens is 1. The number of rotatable bonds is 4. The molecule has 1 aliphatic heterocycles. The monoisotopic (exact) mass is 371 g/mol. The number of hydrogen-bond acceptors (Lipinski definition) is 7. The fourth-order valence-corrected chi connectivity index (χ4v) is 2.95. The molecule has 10 heteroatoms. The minimum Gasteiger partial charge on any atom is -0.464 e. The van der Waals surface area contributed by atoms with E-state index in [1.807, 2.05) is 0 Å². The van der Waals surface area contributed by atoms with Crippen LogP contribution >= 0.6 is 12.2 Å². The number of ether oxygens (including phenoxy) is 2. The Morgan fingerprint density at radius 2 is 2.12 bits per heavy atom. The zero-order valence-electron chi connectivity index (χ0n) is 15.0. The number of amides is 1. The Hall–Kier alpha value is -1.97. The summed E-state index contributed by atoms with van der Waals surface area (Å²) >= 11 is 5.08. The lowest BCUT2D eigenvalue weighted by molar-refractivity contribution is -0.151. The third kappa shape index (κ3) is 5.25. The van der Waals surface area contributed by atoms with Crippen LogP contribution in [0.15, 0.2) is 0 Å². The third-order valence-corrected chi connectivity index (χ3v) is 4.17. The van der Waals surface area contributed by atoms with Crippen molar-refractivity contribution in [3.63, 3.8) is 0 Å². The smallest absolute Gasteiger partial charge is 0.411 e. The highest BCUT2D eigenvalue weighted by Crippen LogP contribution is 2.27. The van der Waals surface area contributed by atoms with E-state index in [-0.39, 0.29) is 12.5 Å². The Bertz CT molecular complexity index is 665. The van der Waals surface area contributed by atoms with Crippen LogP contribution in [0.2, 0.25) is 0 Å². The van der Waals surface area contributed by atoms with Gasteiger partial charge in [0.1, 0.15) is 11.6 Å². The molecule has 1 aliphatic rings. The van der Waals surface area contributed by atoms with Gasteiger partial charge in [-0.25, -0.2) is 14.3 Å². The third-order valence-electron chi connectivity index (χ3n) is 3.87. The molecule has 2 heterocycles. The minimum absolute atomic E-state index is 0.141. The van der Waals surface area contributed by atoms with Gasteiger partial charge in [-0.05, 0) is 58.7 Å². The molecular weight excluding hydrogens is 346 g/mol. The summed E-state index contributed by atoms with van der Waals surface area (Å²) in [5.41, 5.74) is -0.623. The van der Waals surface area contributed by atoms with Crippen LogP contribution in [0, 0.1) is 10.7 Å². The van der Waals surface area contributed by atoms with Gasteiger partial charge in [-0.3, -0.25) is 4.90 Å². The number of nitrogens with zero attached hydrogens (tertiary/aromatic N) is 4. The summed E-state index contributed by atoms with van der Waals surface area (Å²) in [5, 5.41) is 10.1. The molecule has 140 valence electrons. The van der Waals surface area contributed by atoms with E-state index in [1.165, 1.54) is 4.90 Å². The van der Waals surface area contributed by atoms with Crippen molar-refractivity contribution in [1.82, 2.24) is 25.1 Å². The highest BCUT2D eigenvalue weighted by Gasteiger charge is 2.39. The number of carbonyl (C=O) groups excluding carboxylic acids is 2. The van der Waals surface area contributed by atoms with Crippen molar-refractivity contribution in [1.29, 1.82) is 0 Å². The molecule has 1 fully saturated rings. The standard InChI is InChI=1S/C15H25N5O4S/c1-5-23-12(21)11-8-10(9-20-13(25)16-17-18-20)6-7-19(11)14(22)24-15(2,3)4/h10-11H,5-9H2,1-4H3,(H,16,18,25)/t10-,11-/m1/s1. The molecule has 0 aliphatic carbocycles. The van der Waals surface area contributed by atoms with E-state index < -0.39 is 23.7 Å². The summed E-state index contributed by atoms with van der Waals surface area (Å²) < 4.78 is 12.6. The number of nitrogens with one attached hydrogen (secondary N) is 1. The second kappa shape index (κ2) is 7.94. The van der Waals surface area contributed by atoms with Crippen LogP contribution in [0.5, 0.6) is 0 Å². The van der Waals surface area contributed by atoms with E-state index in [1.54, 1.807) is 32.4 Å². The van der Waals surface area contributed by atoms with E-state index in [0.29, 0.717) is 24.3 Å². The van der Waals surface area contributed by atoms with Crippen LogP contribution in [-0.4, -0.2) is 62.0 Å². The number of carbonyl (C=O) groups is 2. The first-order chi connectivity index (χ1) is 11.7. The van der Waals surface area contributed by atoms with Crippen molar-refractivity contribution in [2.45, 2.75) is 58.7 Å². The highest BCUT2D eigenvalue weighted by atomic mass is 32.1. The molecule has 9 nitrogen and oxygen atoms in total. The van der Waals surface area contributed by atoms with Gasteiger partial charge in [0.2, 0.25) is 4.77 Å². The van der Waals surface area contributed by atoms with Crippen LogP contribution in [0.25, 0.3) is 0 Å². The van der Waals surface area contributed by atoms with E-state index in [2.05, 4.69) is 15.5 Å². The van der Waals surface area contributed by atoms with Gasteiger partial charge in [-0.2, -0.15) is 5.21 Å². The van der Waals surface area contributed by atoms with Crippen molar-refractivity contribution in [3.05, 3.63) is 4.77 Å². The fourth-order valence-electron chi connectivity index (χ4n) is 2.80. The van der Waals surface area contributed by atoms with Crippen molar-refractivity contribution >= 4 is 24.3 Å². The van der Waals surface area contributed by atoms with Gasteiger partial charge in [0.25, 0.3) is 0 Å². The highest BCUT2D eigenvalue weighted by molar-refractivity contribution is 7.71. The largest absolute Gasteiger partial charge is 0.464 e. The number of aromatic nitrogens is 4. The molecule has 2 atom stereocenters. The first-order valence-electron chi connectivity index (χ1n) is 8.35. The molecule has 0 bridgehead atoms. The van der Waals surface area contributed by atoms with Crippen molar-refractivity contribution < 1.29 is 19.1 Å². The summed E-state index contributed by atoms with van der Waals surface area (Å²) in [4.78, 5) is 26.3. The van der Waals surface area contributed by atoms with Crippen LogP contribution < -0.4 is 0 Å². The Labute approximate surface area is 151 Å². The van der Waals surface area contributed by atoms with Gasteiger partial charge >= 0.3 is 12.1 Å². The Morgan fingerprint density at radius 3 is 2.68 bits per heavy atom. The predicted molar refractivity (Wildman–Crippen MR) is 91.3 cm³/mol. The number of tetrazole rings is 1. The number of aromatic amines is 1. The van der Waals surface area contributed by atoms with Crippen LogP contribution in [0.1, 0.15) is 40.5 Å². The van der Waals surface area contributed by atoms with Crippen LogP contribution in [0.3, 0.4) is 0 Å². The summed E-state index contributed by atoms with van der Waals surface area (Å²) in [7, 11) is 0. The van der Waals surface area contributed by atoms with E-state index >= 15 is 0 Å². The topological polar surface area (TPSA) is 102 Å². The second-order valence-corrected chi connectivity index (χ2v) is 7.39. The van der Waals surface area contributed by atoms with E-state index in [4.69, 9.17) is 21.7 Å². The van der Waals surface area contributed by atoms with Gasteiger partial charge < -0.3 is 9.47 Å². The fraction of sp³-hybridized carbons (Fsp3) is 0.800. The number of likely N-dealkylation sites (tertiary alicyclic amines) is 1. The summed E-state index contributed by atoms with van der Waals surface area (Å²) in [6.45, 7) is 8.36. The quantitative estimate of drug-likeness (QED) is 0.637. The maximum atomic E-state index is 12.5. The average molecular weight is 371 g/mol. The molecule has 0 spiro atoms. The van der Waals surface area contributed by atoms with Gasteiger partial charge in [0.15, 0.2) is 0 Å². The lowest BCUT2D eigenvalue weighted by atomic mass is 9.91. The molecule has 1 saturated heterocycles. The molecular formula is C15H25N5O4S. The number of hydrogen-bond donors (Lipinski definition) is 1. The maximum Gasteiger partial charge on any atom is 0.411 e. The molecule has 0 saturated carbocycles. The normalized spacial score (nSPS) is 21.0. The summed E-state index contributed by atoms with van der Waals surface area (Å²) in [5.74, 6) is -0.272. The molecule has 0 radical (unpaired) electrons. The van der Waals surface area contributed by atoms with Gasteiger partial charge in [0.05, 0.1) is 6.61 Å². The number of esters is 1. The molecule has 1 aromatic heterocycles. The van der Waals surface area contributed by atoms with Gasteiger partial charge in [0, 0.05) is 13.1 Å². The number of piperidine rings is 1. The summed E-state index contributed by atoms with van der Waals surface area (Å²) in [6.07, 6.45) is 0.693. The van der Waals surface area contributed by atoms with E-state index in [0.717, 1.165) is 6.42 Å². The Balaban J connectivity index is 2.11. The van der Waals surface area contributed by atoms with Crippen molar-refractivity contribution in [2.24, 2.45) is 5.92 Å². The molecule has 1 aromatic rings. The molecule has 1 N–H and O–H groups in total. The van der Waals surface area contributed by atoms with Crippen LogP contribution in [-0.2, 0) is 20.8 Å². The first kappa shape index (κ1) is 19.4. The minimum atomic E-state index is -0.668. The zero-order chi connectivity index (χ0) is 18.6. The SMILES string of the molecule is CCOC(=O)[C@H]1C[C@H](Cn2[nH]nnc2=S)CCN1C(=O)OC(C)(C)C. The molecule has 1 amide bonds. The lowest BCUT2D eigenvalue weighted by Gasteiger charge is -2.38. The first-order valence-corrected chi connectivity index (χ1v) is 8.76.